The topological polar surface area (TPSA) is 9.23 Å². The smallest absolute Gasteiger partial charge is 0.131 e. The van der Waals surface area contributed by atoms with Gasteiger partial charge in [-0.05, 0) is 30.3 Å². The van der Waals surface area contributed by atoms with Crippen LogP contribution in [0.3, 0.4) is 0 Å². The van der Waals surface area contributed by atoms with Crippen LogP contribution in [0.5, 0.6) is 11.5 Å². The molecule has 0 aliphatic rings. The molecule has 0 bridgehead atoms. The summed E-state index contributed by atoms with van der Waals surface area (Å²) >= 11 is 9.25. The molecule has 0 saturated heterocycles. The summed E-state index contributed by atoms with van der Waals surface area (Å²) in [6, 6.07) is 11.3. The third-order valence-corrected chi connectivity index (χ3v) is 3.03. The number of alkyl halides is 1. The highest BCUT2D eigenvalue weighted by atomic mass is 79.9. The largest absolute Gasteiger partial charge is 0.457 e. The average Bonchev–Trinajstić information content (AvgIpc) is 2.31. The Labute approximate surface area is 112 Å². The fourth-order valence-electron chi connectivity index (χ4n) is 1.41. The lowest BCUT2D eigenvalue weighted by Gasteiger charge is -2.09. The van der Waals surface area contributed by atoms with Gasteiger partial charge in [0.25, 0.3) is 0 Å². The molecule has 1 nitrogen and oxygen atoms in total. The molecule has 0 aromatic heterocycles. The summed E-state index contributed by atoms with van der Waals surface area (Å²) in [6.07, 6.45) is 0. The molecule has 2 aromatic rings. The minimum atomic E-state index is -0.322. The van der Waals surface area contributed by atoms with Gasteiger partial charge in [0.05, 0.1) is 0 Å². The molecule has 0 N–H and O–H groups in total. The van der Waals surface area contributed by atoms with E-state index in [0.29, 0.717) is 21.9 Å². The number of hydrogen-bond donors (Lipinski definition) is 0. The number of ether oxygens (including phenoxy) is 1. The van der Waals surface area contributed by atoms with E-state index in [1.165, 1.54) is 12.1 Å². The predicted octanol–water partition coefficient (Wildman–Crippen LogP) is 5.17. The Bertz CT molecular complexity index is 531. The van der Waals surface area contributed by atoms with Crippen molar-refractivity contribution < 1.29 is 9.13 Å². The van der Waals surface area contributed by atoms with Crippen LogP contribution in [-0.2, 0) is 5.33 Å². The summed E-state index contributed by atoms with van der Waals surface area (Å²) in [4.78, 5) is 0. The molecule has 0 fully saturated rings. The Balaban J connectivity index is 2.29. The normalized spacial score (nSPS) is 10.3. The van der Waals surface area contributed by atoms with Crippen molar-refractivity contribution in [3.05, 3.63) is 58.9 Å². The van der Waals surface area contributed by atoms with Crippen LogP contribution in [0.2, 0.25) is 5.02 Å². The molecule has 2 aromatic carbocycles. The third-order valence-electron chi connectivity index (χ3n) is 2.19. The zero-order chi connectivity index (χ0) is 12.3. The second-order valence-corrected chi connectivity index (χ2v) is 4.44. The van der Waals surface area contributed by atoms with Gasteiger partial charge in [0.1, 0.15) is 17.3 Å². The second-order valence-electron chi connectivity index (χ2n) is 3.45. The van der Waals surface area contributed by atoms with E-state index in [1.807, 2.05) is 6.07 Å². The summed E-state index contributed by atoms with van der Waals surface area (Å²) < 4.78 is 18.6. The van der Waals surface area contributed by atoms with E-state index < -0.39 is 0 Å². The van der Waals surface area contributed by atoms with Gasteiger partial charge in [-0.25, -0.2) is 4.39 Å². The number of rotatable bonds is 3. The van der Waals surface area contributed by atoms with Gasteiger partial charge in [0, 0.05) is 22.0 Å². The van der Waals surface area contributed by atoms with Gasteiger partial charge < -0.3 is 4.74 Å². The molecule has 0 unspecified atom stereocenters. The van der Waals surface area contributed by atoms with Gasteiger partial charge in [-0.1, -0.05) is 33.6 Å². The van der Waals surface area contributed by atoms with E-state index in [9.17, 15) is 4.39 Å². The number of benzene rings is 2. The molecule has 2 rings (SSSR count). The standard InChI is InChI=1S/C13H9BrClFO/c14-8-9-6-10(15)4-5-13(9)17-12-3-1-2-11(16)7-12/h1-7H,8H2. The van der Waals surface area contributed by atoms with Crippen molar-refractivity contribution in [1.82, 2.24) is 0 Å². The average molecular weight is 316 g/mol. The third kappa shape index (κ3) is 3.20. The van der Waals surface area contributed by atoms with Gasteiger partial charge in [0.2, 0.25) is 0 Å². The van der Waals surface area contributed by atoms with Gasteiger partial charge in [-0.15, -0.1) is 0 Å². The molecule has 17 heavy (non-hydrogen) atoms. The molecular weight excluding hydrogens is 306 g/mol. The van der Waals surface area contributed by atoms with Crippen molar-refractivity contribution in [2.24, 2.45) is 0 Å². The van der Waals surface area contributed by atoms with Crippen LogP contribution in [0.15, 0.2) is 42.5 Å². The maximum Gasteiger partial charge on any atom is 0.131 e. The maximum atomic E-state index is 13.0. The predicted molar refractivity (Wildman–Crippen MR) is 70.6 cm³/mol. The lowest BCUT2D eigenvalue weighted by atomic mass is 10.2. The van der Waals surface area contributed by atoms with Crippen LogP contribution in [0.4, 0.5) is 4.39 Å². The quantitative estimate of drug-likeness (QED) is 0.710. The van der Waals surface area contributed by atoms with Crippen molar-refractivity contribution in [1.29, 1.82) is 0 Å². The number of halogens is 3. The van der Waals surface area contributed by atoms with Gasteiger partial charge in [-0.3, -0.25) is 0 Å². The molecule has 0 saturated carbocycles. The first-order valence-corrected chi connectivity index (χ1v) is 6.47. The Morgan fingerprint density at radius 1 is 1.18 bits per heavy atom. The first kappa shape index (κ1) is 12.4. The maximum absolute atomic E-state index is 13.0. The van der Waals surface area contributed by atoms with Crippen LogP contribution in [-0.4, -0.2) is 0 Å². The van der Waals surface area contributed by atoms with Gasteiger partial charge in [0.15, 0.2) is 0 Å². The fraction of sp³-hybridized carbons (Fsp3) is 0.0769. The monoisotopic (exact) mass is 314 g/mol. The summed E-state index contributed by atoms with van der Waals surface area (Å²) in [5.74, 6) is 0.809. The number of hydrogen-bond acceptors (Lipinski definition) is 1. The molecule has 0 amide bonds. The molecule has 0 radical (unpaired) electrons. The Morgan fingerprint density at radius 3 is 2.71 bits per heavy atom. The SMILES string of the molecule is Fc1cccc(Oc2ccc(Cl)cc2CBr)c1. The molecule has 0 heterocycles. The minimum Gasteiger partial charge on any atom is -0.457 e. The lowest BCUT2D eigenvalue weighted by Crippen LogP contribution is -1.90. The molecule has 4 heteroatoms. The Hall–Kier alpha value is -1.06. The van der Waals surface area contributed by atoms with Crippen molar-refractivity contribution in [2.75, 3.05) is 0 Å². The van der Waals surface area contributed by atoms with Gasteiger partial charge in [-0.2, -0.15) is 0 Å². The summed E-state index contributed by atoms with van der Waals surface area (Å²) in [5.41, 5.74) is 0.918. The van der Waals surface area contributed by atoms with Crippen molar-refractivity contribution >= 4 is 27.5 Å². The van der Waals surface area contributed by atoms with E-state index in [0.717, 1.165) is 5.56 Å². The molecule has 0 atom stereocenters. The zero-order valence-electron chi connectivity index (χ0n) is 8.79. The lowest BCUT2D eigenvalue weighted by molar-refractivity contribution is 0.473. The van der Waals surface area contributed by atoms with E-state index in [4.69, 9.17) is 16.3 Å². The molecule has 0 aliphatic heterocycles. The highest BCUT2D eigenvalue weighted by Gasteiger charge is 2.05. The van der Waals surface area contributed by atoms with Crippen molar-refractivity contribution in [2.45, 2.75) is 5.33 Å². The summed E-state index contributed by atoms with van der Waals surface area (Å²) in [5, 5.41) is 1.27. The van der Waals surface area contributed by atoms with E-state index >= 15 is 0 Å². The summed E-state index contributed by atoms with van der Waals surface area (Å²) in [7, 11) is 0. The first-order valence-electron chi connectivity index (χ1n) is 4.97. The van der Waals surface area contributed by atoms with Crippen LogP contribution in [0, 0.1) is 5.82 Å². The van der Waals surface area contributed by atoms with E-state index in [-0.39, 0.29) is 5.82 Å². The highest BCUT2D eigenvalue weighted by molar-refractivity contribution is 9.08. The van der Waals surface area contributed by atoms with E-state index in [1.54, 1.807) is 24.3 Å². The molecule has 88 valence electrons. The Morgan fingerprint density at radius 2 is 2.00 bits per heavy atom. The molecule has 0 spiro atoms. The van der Waals surface area contributed by atoms with Crippen LogP contribution in [0.25, 0.3) is 0 Å². The molecular formula is C13H9BrClFO. The van der Waals surface area contributed by atoms with Crippen molar-refractivity contribution in [3.63, 3.8) is 0 Å². The second kappa shape index (κ2) is 5.52. The van der Waals surface area contributed by atoms with Crippen molar-refractivity contribution in [3.8, 4) is 11.5 Å². The van der Waals surface area contributed by atoms with E-state index in [2.05, 4.69) is 15.9 Å². The van der Waals surface area contributed by atoms with Crippen LogP contribution >= 0.6 is 27.5 Å². The molecule has 0 aliphatic carbocycles. The highest BCUT2D eigenvalue weighted by Crippen LogP contribution is 2.29. The zero-order valence-corrected chi connectivity index (χ0v) is 11.1. The first-order chi connectivity index (χ1) is 8.19. The summed E-state index contributed by atoms with van der Waals surface area (Å²) in [6.45, 7) is 0. The van der Waals surface area contributed by atoms with Crippen LogP contribution < -0.4 is 4.74 Å². The Kier molecular flexibility index (Phi) is 4.02. The minimum absolute atomic E-state index is 0.322. The van der Waals surface area contributed by atoms with Gasteiger partial charge >= 0.3 is 0 Å². The van der Waals surface area contributed by atoms with Crippen LogP contribution in [0.1, 0.15) is 5.56 Å². The fourth-order valence-corrected chi connectivity index (χ4v) is 2.04.